The quantitative estimate of drug-likeness (QED) is 0.881. The van der Waals surface area contributed by atoms with Crippen LogP contribution < -0.4 is 0 Å². The summed E-state index contributed by atoms with van der Waals surface area (Å²) in [5, 5.41) is 10.8. The minimum Gasteiger partial charge on any atom is -0.477 e. The molecule has 3 nitrogen and oxygen atoms in total. The minimum absolute atomic E-state index is 0.449. The van der Waals surface area contributed by atoms with Gasteiger partial charge >= 0.3 is 5.97 Å². The molecule has 0 saturated carbocycles. The summed E-state index contributed by atoms with van der Waals surface area (Å²) in [6, 6.07) is 1.80. The zero-order valence-electron chi connectivity index (χ0n) is 9.32. The van der Waals surface area contributed by atoms with Crippen LogP contribution >= 0.6 is 11.3 Å². The Bertz CT molecular complexity index is 354. The van der Waals surface area contributed by atoms with Gasteiger partial charge in [-0.05, 0) is 42.9 Å². The minimum atomic E-state index is -0.813. The predicted molar refractivity (Wildman–Crippen MR) is 65.0 cm³/mol. The van der Waals surface area contributed by atoms with Crippen molar-refractivity contribution in [1.29, 1.82) is 0 Å². The first-order valence-electron chi connectivity index (χ1n) is 5.79. The lowest BCUT2D eigenvalue weighted by Gasteiger charge is -2.18. The predicted octanol–water partition coefficient (Wildman–Crippen LogP) is 2.82. The molecule has 0 radical (unpaired) electrons. The van der Waals surface area contributed by atoms with Gasteiger partial charge in [0.2, 0.25) is 0 Å². The maximum atomic E-state index is 10.8. The van der Waals surface area contributed by atoms with Crippen LogP contribution in [0.15, 0.2) is 11.4 Å². The van der Waals surface area contributed by atoms with Crippen LogP contribution in [0.2, 0.25) is 0 Å². The lowest BCUT2D eigenvalue weighted by atomic mass is 10.2. The summed E-state index contributed by atoms with van der Waals surface area (Å²) in [4.78, 5) is 13.6. The van der Waals surface area contributed by atoms with E-state index in [0.29, 0.717) is 4.88 Å². The highest BCUT2D eigenvalue weighted by Crippen LogP contribution is 2.18. The molecular formula is C12H17NO2S. The molecule has 2 rings (SSSR count). The summed E-state index contributed by atoms with van der Waals surface area (Å²) < 4.78 is 0. The van der Waals surface area contributed by atoms with E-state index in [-0.39, 0.29) is 0 Å². The smallest absolute Gasteiger partial charge is 0.345 e. The van der Waals surface area contributed by atoms with Crippen molar-refractivity contribution in [3.8, 4) is 0 Å². The molecule has 4 heteroatoms. The summed E-state index contributed by atoms with van der Waals surface area (Å²) in [6.07, 6.45) is 5.22. The highest BCUT2D eigenvalue weighted by molar-refractivity contribution is 7.12. The molecule has 0 atom stereocenters. The van der Waals surface area contributed by atoms with Crippen molar-refractivity contribution >= 4 is 17.3 Å². The molecule has 2 heterocycles. The van der Waals surface area contributed by atoms with Crippen molar-refractivity contribution < 1.29 is 9.90 Å². The molecule has 1 N–H and O–H groups in total. The standard InChI is InChI=1S/C12H17NO2S/c14-12(15)11-7-10(9-16-11)8-13-5-3-1-2-4-6-13/h7,9H,1-6,8H2,(H,14,15). The van der Waals surface area contributed by atoms with Crippen LogP contribution in [0.5, 0.6) is 0 Å². The Morgan fingerprint density at radius 1 is 1.31 bits per heavy atom. The van der Waals surface area contributed by atoms with Crippen LogP contribution in [0, 0.1) is 0 Å². The Balaban J connectivity index is 1.94. The van der Waals surface area contributed by atoms with Gasteiger partial charge in [-0.2, -0.15) is 0 Å². The first-order valence-corrected chi connectivity index (χ1v) is 6.67. The molecule has 88 valence electrons. The molecular weight excluding hydrogens is 222 g/mol. The van der Waals surface area contributed by atoms with Crippen LogP contribution in [0.4, 0.5) is 0 Å². The first-order chi connectivity index (χ1) is 7.75. The lowest BCUT2D eigenvalue weighted by Crippen LogP contribution is -2.23. The molecule has 1 aromatic rings. The number of carboxylic acids is 1. The molecule has 0 spiro atoms. The zero-order valence-corrected chi connectivity index (χ0v) is 10.1. The summed E-state index contributed by atoms with van der Waals surface area (Å²) >= 11 is 1.33. The second kappa shape index (κ2) is 5.46. The molecule has 1 aromatic heterocycles. The van der Waals surface area contributed by atoms with Crippen molar-refractivity contribution in [2.45, 2.75) is 32.2 Å². The molecule has 0 bridgehead atoms. The van der Waals surface area contributed by atoms with Crippen molar-refractivity contribution in [1.82, 2.24) is 4.90 Å². The van der Waals surface area contributed by atoms with Gasteiger partial charge in [-0.1, -0.05) is 12.8 Å². The van der Waals surface area contributed by atoms with Crippen molar-refractivity contribution in [3.63, 3.8) is 0 Å². The van der Waals surface area contributed by atoms with Crippen LogP contribution in [0.3, 0.4) is 0 Å². The third-order valence-electron chi connectivity index (χ3n) is 2.97. The first kappa shape index (κ1) is 11.6. The Morgan fingerprint density at radius 3 is 2.56 bits per heavy atom. The number of hydrogen-bond acceptors (Lipinski definition) is 3. The summed E-state index contributed by atoms with van der Waals surface area (Å²) in [5.41, 5.74) is 1.14. The second-order valence-corrected chi connectivity index (χ2v) is 5.23. The number of carboxylic acid groups (broad SMARTS) is 1. The van der Waals surface area contributed by atoms with Gasteiger partial charge in [0.05, 0.1) is 0 Å². The average Bonchev–Trinajstić information content (AvgIpc) is 2.56. The van der Waals surface area contributed by atoms with Gasteiger partial charge in [0.25, 0.3) is 0 Å². The molecule has 0 amide bonds. The Hall–Kier alpha value is -0.870. The SMILES string of the molecule is O=C(O)c1cc(CN2CCCCCC2)cs1. The average molecular weight is 239 g/mol. The normalized spacial score (nSPS) is 18.2. The number of rotatable bonds is 3. The lowest BCUT2D eigenvalue weighted by molar-refractivity contribution is 0.0702. The van der Waals surface area contributed by atoms with Crippen LogP contribution in [-0.2, 0) is 6.54 Å². The Morgan fingerprint density at radius 2 is 2.00 bits per heavy atom. The molecule has 1 aliphatic rings. The molecule has 0 aliphatic carbocycles. The fraction of sp³-hybridized carbons (Fsp3) is 0.583. The fourth-order valence-corrected chi connectivity index (χ4v) is 2.86. The van der Waals surface area contributed by atoms with Gasteiger partial charge in [-0.3, -0.25) is 4.90 Å². The third-order valence-corrected chi connectivity index (χ3v) is 3.94. The van der Waals surface area contributed by atoms with Crippen molar-refractivity contribution in [2.24, 2.45) is 0 Å². The summed E-state index contributed by atoms with van der Waals surface area (Å²) in [7, 11) is 0. The third kappa shape index (κ3) is 3.06. The highest BCUT2D eigenvalue weighted by atomic mass is 32.1. The number of carbonyl (C=O) groups is 1. The van der Waals surface area contributed by atoms with Gasteiger partial charge < -0.3 is 5.11 Å². The molecule has 0 unspecified atom stereocenters. The van der Waals surface area contributed by atoms with Crippen LogP contribution in [0.1, 0.15) is 40.9 Å². The maximum Gasteiger partial charge on any atom is 0.345 e. The van der Waals surface area contributed by atoms with E-state index < -0.39 is 5.97 Å². The van der Waals surface area contributed by atoms with E-state index in [0.717, 1.165) is 25.2 Å². The Labute approximate surface area is 99.7 Å². The molecule has 1 aliphatic heterocycles. The summed E-state index contributed by atoms with van der Waals surface area (Å²) in [5.74, 6) is -0.813. The molecule has 1 fully saturated rings. The fourth-order valence-electron chi connectivity index (χ4n) is 2.12. The van der Waals surface area contributed by atoms with Crippen LogP contribution in [-0.4, -0.2) is 29.1 Å². The van der Waals surface area contributed by atoms with E-state index in [4.69, 9.17) is 5.11 Å². The summed E-state index contributed by atoms with van der Waals surface area (Å²) in [6.45, 7) is 3.21. The van der Waals surface area contributed by atoms with Gasteiger partial charge in [-0.15, -0.1) is 11.3 Å². The van der Waals surface area contributed by atoms with E-state index >= 15 is 0 Å². The van der Waals surface area contributed by atoms with E-state index in [1.165, 1.54) is 37.0 Å². The van der Waals surface area contributed by atoms with Crippen LogP contribution in [0.25, 0.3) is 0 Å². The van der Waals surface area contributed by atoms with E-state index in [2.05, 4.69) is 4.90 Å². The van der Waals surface area contributed by atoms with E-state index in [1.54, 1.807) is 6.07 Å². The highest BCUT2D eigenvalue weighted by Gasteiger charge is 2.12. The Kier molecular flexibility index (Phi) is 3.96. The van der Waals surface area contributed by atoms with Gasteiger partial charge in [0, 0.05) is 6.54 Å². The number of aromatic carboxylic acids is 1. The zero-order chi connectivity index (χ0) is 11.4. The van der Waals surface area contributed by atoms with Crippen molar-refractivity contribution in [3.05, 3.63) is 21.9 Å². The maximum absolute atomic E-state index is 10.8. The van der Waals surface area contributed by atoms with E-state index in [9.17, 15) is 4.79 Å². The van der Waals surface area contributed by atoms with Gasteiger partial charge in [-0.25, -0.2) is 4.79 Å². The van der Waals surface area contributed by atoms with Crippen molar-refractivity contribution in [2.75, 3.05) is 13.1 Å². The monoisotopic (exact) mass is 239 g/mol. The number of thiophene rings is 1. The van der Waals surface area contributed by atoms with E-state index in [1.807, 2.05) is 5.38 Å². The molecule has 1 saturated heterocycles. The second-order valence-electron chi connectivity index (χ2n) is 4.31. The molecule has 0 aromatic carbocycles. The number of nitrogens with zero attached hydrogens (tertiary/aromatic N) is 1. The largest absolute Gasteiger partial charge is 0.477 e. The van der Waals surface area contributed by atoms with Gasteiger partial charge in [0.1, 0.15) is 4.88 Å². The van der Waals surface area contributed by atoms with Gasteiger partial charge in [0.15, 0.2) is 0 Å². The topological polar surface area (TPSA) is 40.5 Å². The number of likely N-dealkylation sites (tertiary alicyclic amines) is 1. The number of hydrogen-bond donors (Lipinski definition) is 1. The molecule has 16 heavy (non-hydrogen) atoms.